The summed E-state index contributed by atoms with van der Waals surface area (Å²) in [6.45, 7) is 4.26. The van der Waals surface area contributed by atoms with E-state index in [0.717, 1.165) is 19.4 Å². The van der Waals surface area contributed by atoms with Gasteiger partial charge in [-0.15, -0.1) is 0 Å². The van der Waals surface area contributed by atoms with Gasteiger partial charge in [-0.05, 0) is 13.3 Å². The normalized spacial score (nSPS) is 11.3. The molecule has 0 aliphatic heterocycles. The van der Waals surface area contributed by atoms with E-state index in [1.165, 1.54) is 6.92 Å². The number of carboxylic acid groups (broad SMARTS) is 1. The molecule has 0 radical (unpaired) electrons. The summed E-state index contributed by atoms with van der Waals surface area (Å²) in [5.41, 5.74) is 2.77. The Balaban J connectivity index is 3.48. The quantitative estimate of drug-likeness (QED) is 0.354. The first kappa shape index (κ1) is 9.94. The fourth-order valence-corrected chi connectivity index (χ4v) is 0.478. The third-order valence-corrected chi connectivity index (χ3v) is 1.20. The van der Waals surface area contributed by atoms with Crippen LogP contribution in [0.25, 0.3) is 0 Å². The Morgan fingerprint density at radius 2 is 2.27 bits per heavy atom. The third-order valence-electron chi connectivity index (χ3n) is 1.20. The molecule has 0 atom stereocenters. The van der Waals surface area contributed by atoms with Gasteiger partial charge in [-0.2, -0.15) is 5.10 Å². The van der Waals surface area contributed by atoms with Crippen molar-refractivity contribution in [1.29, 1.82) is 0 Å². The van der Waals surface area contributed by atoms with E-state index in [4.69, 9.17) is 5.11 Å². The van der Waals surface area contributed by atoms with Crippen molar-refractivity contribution in [3.63, 3.8) is 0 Å². The van der Waals surface area contributed by atoms with E-state index in [1.54, 1.807) is 0 Å². The van der Waals surface area contributed by atoms with E-state index in [0.29, 0.717) is 0 Å². The molecule has 0 saturated carbocycles. The smallest absolute Gasteiger partial charge is 0.351 e. The first-order valence-corrected chi connectivity index (χ1v) is 3.69. The van der Waals surface area contributed by atoms with Gasteiger partial charge < -0.3 is 10.5 Å². The number of carbonyl (C=O) groups is 1. The van der Waals surface area contributed by atoms with Crippen molar-refractivity contribution in [2.45, 2.75) is 26.7 Å². The zero-order chi connectivity index (χ0) is 8.69. The summed E-state index contributed by atoms with van der Waals surface area (Å²) in [5.74, 6) is -0.978. The lowest BCUT2D eigenvalue weighted by Gasteiger charge is -1.97. The minimum absolute atomic E-state index is 0.0982. The van der Waals surface area contributed by atoms with Crippen LogP contribution < -0.4 is 5.43 Å². The standard InChI is InChI=1S/C7H14N2O2/c1-3-4-5-8-9-6(2)7(10)11/h8H,3-5H2,1-2H3,(H,10,11)/b9-6-. The lowest BCUT2D eigenvalue weighted by Crippen LogP contribution is -2.15. The Bertz CT molecular complexity index is 155. The van der Waals surface area contributed by atoms with Crippen molar-refractivity contribution in [2.75, 3.05) is 6.54 Å². The number of hydrazone groups is 1. The molecule has 0 spiro atoms. The molecule has 4 heteroatoms. The predicted molar refractivity (Wildman–Crippen MR) is 43.7 cm³/mol. The van der Waals surface area contributed by atoms with Crippen LogP contribution in [0.1, 0.15) is 26.7 Å². The van der Waals surface area contributed by atoms with Gasteiger partial charge in [-0.3, -0.25) is 0 Å². The van der Waals surface area contributed by atoms with Gasteiger partial charge in [0.2, 0.25) is 0 Å². The maximum atomic E-state index is 10.2. The number of nitrogens with zero attached hydrogens (tertiary/aromatic N) is 1. The molecule has 11 heavy (non-hydrogen) atoms. The van der Waals surface area contributed by atoms with Crippen LogP contribution in [-0.2, 0) is 4.79 Å². The molecule has 0 bridgehead atoms. The second-order valence-corrected chi connectivity index (χ2v) is 2.26. The number of unbranched alkanes of at least 4 members (excludes halogenated alkanes) is 1. The molecular formula is C7H14N2O2. The van der Waals surface area contributed by atoms with Gasteiger partial charge in [-0.25, -0.2) is 4.79 Å². The van der Waals surface area contributed by atoms with E-state index >= 15 is 0 Å². The van der Waals surface area contributed by atoms with Crippen LogP contribution in [0.3, 0.4) is 0 Å². The SMILES string of the molecule is CCCCN/N=C(/C)C(=O)O. The largest absolute Gasteiger partial charge is 0.477 e. The monoisotopic (exact) mass is 158 g/mol. The molecule has 4 nitrogen and oxygen atoms in total. The van der Waals surface area contributed by atoms with Crippen molar-refractivity contribution < 1.29 is 9.90 Å². The van der Waals surface area contributed by atoms with Crippen LogP contribution in [0, 0.1) is 0 Å². The van der Waals surface area contributed by atoms with Crippen molar-refractivity contribution in [3.8, 4) is 0 Å². The number of carboxylic acids is 1. The maximum Gasteiger partial charge on any atom is 0.351 e. The minimum Gasteiger partial charge on any atom is -0.477 e. The molecule has 0 amide bonds. The number of hydrogen-bond donors (Lipinski definition) is 2. The van der Waals surface area contributed by atoms with Gasteiger partial charge in [-0.1, -0.05) is 13.3 Å². The molecule has 0 aromatic heterocycles. The molecule has 0 aromatic rings. The highest BCUT2D eigenvalue weighted by Gasteiger charge is 1.99. The van der Waals surface area contributed by atoms with Gasteiger partial charge in [0.25, 0.3) is 0 Å². The highest BCUT2D eigenvalue weighted by molar-refractivity contribution is 6.34. The van der Waals surface area contributed by atoms with E-state index in [9.17, 15) is 4.79 Å². The average molecular weight is 158 g/mol. The van der Waals surface area contributed by atoms with E-state index < -0.39 is 5.97 Å². The predicted octanol–water partition coefficient (Wildman–Crippen LogP) is 0.837. The molecule has 0 heterocycles. The summed E-state index contributed by atoms with van der Waals surface area (Å²) in [7, 11) is 0. The van der Waals surface area contributed by atoms with Crippen LogP contribution >= 0.6 is 0 Å². The second-order valence-electron chi connectivity index (χ2n) is 2.26. The van der Waals surface area contributed by atoms with Gasteiger partial charge >= 0.3 is 5.97 Å². The molecule has 2 N–H and O–H groups in total. The molecule has 0 aliphatic rings. The first-order chi connectivity index (χ1) is 5.18. The zero-order valence-corrected chi connectivity index (χ0v) is 6.92. The Kier molecular flexibility index (Phi) is 5.15. The minimum atomic E-state index is -0.978. The summed E-state index contributed by atoms with van der Waals surface area (Å²) in [6.07, 6.45) is 2.09. The summed E-state index contributed by atoms with van der Waals surface area (Å²) in [5, 5.41) is 12.0. The molecule has 0 aliphatic carbocycles. The van der Waals surface area contributed by atoms with Gasteiger partial charge in [0.15, 0.2) is 0 Å². The average Bonchev–Trinajstić information content (AvgIpc) is 1.97. The lowest BCUT2D eigenvalue weighted by atomic mass is 10.3. The van der Waals surface area contributed by atoms with E-state index in [-0.39, 0.29) is 5.71 Å². The summed E-state index contributed by atoms with van der Waals surface area (Å²) in [4.78, 5) is 10.2. The van der Waals surface area contributed by atoms with Crippen molar-refractivity contribution in [1.82, 2.24) is 5.43 Å². The maximum absolute atomic E-state index is 10.2. The molecule has 0 unspecified atom stereocenters. The van der Waals surface area contributed by atoms with Crippen molar-refractivity contribution in [3.05, 3.63) is 0 Å². The molecule has 0 saturated heterocycles. The fourth-order valence-electron chi connectivity index (χ4n) is 0.478. The van der Waals surface area contributed by atoms with Crippen molar-refractivity contribution in [2.24, 2.45) is 5.10 Å². The first-order valence-electron chi connectivity index (χ1n) is 3.69. The second kappa shape index (κ2) is 5.70. The lowest BCUT2D eigenvalue weighted by molar-refractivity contribution is -0.129. The van der Waals surface area contributed by atoms with E-state index in [2.05, 4.69) is 17.5 Å². The summed E-state index contributed by atoms with van der Waals surface area (Å²) in [6, 6.07) is 0. The topological polar surface area (TPSA) is 61.7 Å². The van der Waals surface area contributed by atoms with Gasteiger partial charge in [0.05, 0.1) is 0 Å². The number of hydrogen-bond acceptors (Lipinski definition) is 3. The summed E-state index contributed by atoms with van der Waals surface area (Å²) >= 11 is 0. The number of aliphatic carboxylic acids is 1. The molecule has 64 valence electrons. The molecule has 0 rings (SSSR count). The van der Waals surface area contributed by atoms with E-state index in [1.807, 2.05) is 0 Å². The Morgan fingerprint density at radius 3 is 2.73 bits per heavy atom. The Hall–Kier alpha value is -1.06. The van der Waals surface area contributed by atoms with Gasteiger partial charge in [0, 0.05) is 6.54 Å². The fraction of sp³-hybridized carbons (Fsp3) is 0.714. The Morgan fingerprint density at radius 1 is 1.64 bits per heavy atom. The third kappa shape index (κ3) is 5.39. The molecular weight excluding hydrogens is 144 g/mol. The molecule has 0 aromatic carbocycles. The van der Waals surface area contributed by atoms with Crippen LogP contribution in [0.4, 0.5) is 0 Å². The Labute approximate surface area is 66.3 Å². The highest BCUT2D eigenvalue weighted by Crippen LogP contribution is 1.82. The van der Waals surface area contributed by atoms with Gasteiger partial charge in [0.1, 0.15) is 5.71 Å². The van der Waals surface area contributed by atoms with Crippen LogP contribution in [0.5, 0.6) is 0 Å². The molecule has 0 fully saturated rings. The number of rotatable bonds is 5. The van der Waals surface area contributed by atoms with Crippen LogP contribution in [0.15, 0.2) is 5.10 Å². The van der Waals surface area contributed by atoms with Crippen LogP contribution in [-0.4, -0.2) is 23.3 Å². The zero-order valence-electron chi connectivity index (χ0n) is 6.92. The number of nitrogens with one attached hydrogen (secondary N) is 1. The summed E-state index contributed by atoms with van der Waals surface area (Å²) < 4.78 is 0. The van der Waals surface area contributed by atoms with Crippen molar-refractivity contribution >= 4 is 11.7 Å². The highest BCUT2D eigenvalue weighted by atomic mass is 16.4. The van der Waals surface area contributed by atoms with Crippen LogP contribution in [0.2, 0.25) is 0 Å².